The molecule has 0 saturated heterocycles. The second-order valence-electron chi connectivity index (χ2n) is 7.37. The second kappa shape index (κ2) is 7.91. The van der Waals surface area contributed by atoms with Gasteiger partial charge in [0.2, 0.25) is 0 Å². The van der Waals surface area contributed by atoms with E-state index in [1.807, 2.05) is 42.5 Å². The molecule has 0 aliphatic carbocycles. The summed E-state index contributed by atoms with van der Waals surface area (Å²) >= 11 is 0. The second-order valence-corrected chi connectivity index (χ2v) is 7.37. The van der Waals surface area contributed by atoms with Gasteiger partial charge in [-0.2, -0.15) is 0 Å². The van der Waals surface area contributed by atoms with Crippen molar-refractivity contribution < 1.29 is 14.6 Å². The summed E-state index contributed by atoms with van der Waals surface area (Å²) in [5.41, 5.74) is 11.4. The van der Waals surface area contributed by atoms with Gasteiger partial charge >= 0.3 is 5.97 Å². The number of carboxylic acids is 1. The van der Waals surface area contributed by atoms with E-state index >= 15 is 0 Å². The largest absolute Gasteiger partial charge is 0.497 e. The maximum atomic E-state index is 11.9. The first kappa shape index (κ1) is 19.5. The Bertz CT molecular complexity index is 1140. The zero-order valence-electron chi connectivity index (χ0n) is 16.6. The summed E-state index contributed by atoms with van der Waals surface area (Å²) in [7, 11) is 1.52. The SMILES string of the molecule is COc1ccc(-c2ccccc2CC2CNc3ccc(C(=N)N)cc32)c(C(=O)O)c1. The number of aromatic carboxylic acids is 1. The Morgan fingerprint density at radius 2 is 1.97 bits per heavy atom. The fraction of sp³-hybridized carbons (Fsp3) is 0.167. The van der Waals surface area contributed by atoms with E-state index in [1.165, 1.54) is 7.11 Å². The first-order chi connectivity index (χ1) is 14.5. The Balaban J connectivity index is 1.73. The van der Waals surface area contributed by atoms with Crippen LogP contribution in [0.15, 0.2) is 60.7 Å². The number of hydrogen-bond donors (Lipinski definition) is 4. The van der Waals surface area contributed by atoms with Crippen molar-refractivity contribution in [2.45, 2.75) is 12.3 Å². The standard InChI is InChI=1S/C24H23N3O3/c1-30-17-7-8-19(21(12-17)24(28)29)18-5-3-2-4-14(18)10-16-13-27-22-9-6-15(23(25)26)11-20(16)22/h2-9,11-12,16,27H,10,13H2,1H3,(H3,25,26)(H,28,29). The Labute approximate surface area is 174 Å². The van der Waals surface area contributed by atoms with Crippen molar-refractivity contribution in [1.29, 1.82) is 5.41 Å². The number of ether oxygens (including phenoxy) is 1. The number of nitrogens with two attached hydrogens (primary N) is 1. The minimum atomic E-state index is -0.988. The van der Waals surface area contributed by atoms with Gasteiger partial charge in [-0.05, 0) is 65.1 Å². The van der Waals surface area contributed by atoms with Crippen molar-refractivity contribution >= 4 is 17.5 Å². The molecule has 1 aliphatic heterocycles. The van der Waals surface area contributed by atoms with E-state index in [0.717, 1.165) is 35.3 Å². The van der Waals surface area contributed by atoms with Crippen molar-refractivity contribution in [3.63, 3.8) is 0 Å². The third kappa shape index (κ3) is 3.59. The fourth-order valence-corrected chi connectivity index (χ4v) is 4.04. The lowest BCUT2D eigenvalue weighted by Crippen LogP contribution is -2.12. The van der Waals surface area contributed by atoms with Gasteiger partial charge in [-0.3, -0.25) is 5.41 Å². The van der Waals surface area contributed by atoms with Gasteiger partial charge in [-0.15, -0.1) is 0 Å². The van der Waals surface area contributed by atoms with Crippen molar-refractivity contribution in [2.75, 3.05) is 19.0 Å². The molecule has 1 atom stereocenters. The van der Waals surface area contributed by atoms with Crippen LogP contribution >= 0.6 is 0 Å². The summed E-state index contributed by atoms with van der Waals surface area (Å²) < 4.78 is 5.20. The lowest BCUT2D eigenvalue weighted by Gasteiger charge is -2.17. The molecule has 1 heterocycles. The summed E-state index contributed by atoms with van der Waals surface area (Å²) in [5.74, 6) is -0.225. The smallest absolute Gasteiger partial charge is 0.336 e. The molecule has 0 bridgehead atoms. The highest BCUT2D eigenvalue weighted by molar-refractivity contribution is 5.97. The number of benzene rings is 3. The minimum absolute atomic E-state index is 0.0492. The molecule has 3 aromatic rings. The number of anilines is 1. The van der Waals surface area contributed by atoms with Crippen LogP contribution in [-0.2, 0) is 6.42 Å². The molecule has 152 valence electrons. The number of amidine groups is 1. The molecule has 0 spiro atoms. The average Bonchev–Trinajstić information content (AvgIpc) is 3.15. The van der Waals surface area contributed by atoms with Crippen molar-refractivity contribution in [1.82, 2.24) is 0 Å². The number of methoxy groups -OCH3 is 1. The van der Waals surface area contributed by atoms with Crippen molar-refractivity contribution in [3.05, 3.63) is 82.9 Å². The van der Waals surface area contributed by atoms with Gasteiger partial charge in [0.25, 0.3) is 0 Å². The predicted molar refractivity (Wildman–Crippen MR) is 118 cm³/mol. The van der Waals surface area contributed by atoms with Crippen LogP contribution in [0, 0.1) is 5.41 Å². The van der Waals surface area contributed by atoms with E-state index in [1.54, 1.807) is 18.2 Å². The van der Waals surface area contributed by atoms with Gasteiger partial charge in [-0.25, -0.2) is 4.79 Å². The molecule has 1 unspecified atom stereocenters. The summed E-state index contributed by atoms with van der Waals surface area (Å²) in [5, 5.41) is 20.9. The normalized spacial score (nSPS) is 14.6. The zero-order valence-corrected chi connectivity index (χ0v) is 16.6. The highest BCUT2D eigenvalue weighted by Crippen LogP contribution is 2.37. The van der Waals surface area contributed by atoms with Crippen molar-refractivity contribution in [2.24, 2.45) is 5.73 Å². The molecule has 3 aromatic carbocycles. The molecule has 6 heteroatoms. The van der Waals surface area contributed by atoms with Crippen LogP contribution < -0.4 is 15.8 Å². The topological polar surface area (TPSA) is 108 Å². The van der Waals surface area contributed by atoms with E-state index in [-0.39, 0.29) is 17.3 Å². The van der Waals surface area contributed by atoms with Gasteiger partial charge < -0.3 is 20.9 Å². The van der Waals surface area contributed by atoms with Gasteiger partial charge in [0.15, 0.2) is 0 Å². The van der Waals surface area contributed by atoms with Crippen LogP contribution in [0.2, 0.25) is 0 Å². The molecule has 30 heavy (non-hydrogen) atoms. The summed E-state index contributed by atoms with van der Waals surface area (Å²) in [6.45, 7) is 0.777. The predicted octanol–water partition coefficient (Wildman–Crippen LogP) is 4.10. The number of nitrogens with one attached hydrogen (secondary N) is 2. The molecular weight excluding hydrogens is 378 g/mol. The Kier molecular flexibility index (Phi) is 5.14. The number of rotatable bonds is 6. The quantitative estimate of drug-likeness (QED) is 0.367. The molecule has 6 nitrogen and oxygen atoms in total. The van der Waals surface area contributed by atoms with Gasteiger partial charge in [0.05, 0.1) is 12.7 Å². The van der Waals surface area contributed by atoms with Gasteiger partial charge in [0, 0.05) is 23.7 Å². The number of carboxylic acid groups (broad SMARTS) is 1. The van der Waals surface area contributed by atoms with E-state index < -0.39 is 5.97 Å². The van der Waals surface area contributed by atoms with Crippen LogP contribution in [0.4, 0.5) is 5.69 Å². The molecule has 0 aromatic heterocycles. The van der Waals surface area contributed by atoms with E-state index in [0.29, 0.717) is 16.9 Å². The molecule has 0 amide bonds. The van der Waals surface area contributed by atoms with Crippen LogP contribution in [0.3, 0.4) is 0 Å². The molecular formula is C24H23N3O3. The van der Waals surface area contributed by atoms with E-state index in [4.69, 9.17) is 15.9 Å². The minimum Gasteiger partial charge on any atom is -0.497 e. The molecule has 1 aliphatic rings. The molecule has 4 rings (SSSR count). The zero-order chi connectivity index (χ0) is 21.3. The first-order valence-electron chi connectivity index (χ1n) is 9.69. The average molecular weight is 401 g/mol. The van der Waals surface area contributed by atoms with E-state index in [2.05, 4.69) is 5.32 Å². The molecule has 5 N–H and O–H groups in total. The number of hydrogen-bond acceptors (Lipinski definition) is 4. The van der Waals surface area contributed by atoms with Crippen LogP contribution in [0.25, 0.3) is 11.1 Å². The van der Waals surface area contributed by atoms with Crippen LogP contribution in [-0.4, -0.2) is 30.6 Å². The van der Waals surface area contributed by atoms with Crippen LogP contribution in [0.1, 0.15) is 33.0 Å². The maximum absolute atomic E-state index is 11.9. The Morgan fingerprint density at radius 3 is 2.70 bits per heavy atom. The van der Waals surface area contributed by atoms with Crippen molar-refractivity contribution in [3.8, 4) is 16.9 Å². The van der Waals surface area contributed by atoms with E-state index in [9.17, 15) is 9.90 Å². The number of fused-ring (bicyclic) bond motifs is 1. The maximum Gasteiger partial charge on any atom is 0.336 e. The molecule has 0 saturated carbocycles. The monoisotopic (exact) mass is 401 g/mol. The summed E-state index contributed by atoms with van der Waals surface area (Å²) in [4.78, 5) is 11.9. The summed E-state index contributed by atoms with van der Waals surface area (Å²) in [6.07, 6.45) is 0.739. The lowest BCUT2D eigenvalue weighted by molar-refractivity contribution is 0.0697. The van der Waals surface area contributed by atoms with Gasteiger partial charge in [-0.1, -0.05) is 24.3 Å². The van der Waals surface area contributed by atoms with Crippen LogP contribution in [0.5, 0.6) is 5.75 Å². The third-order valence-corrected chi connectivity index (χ3v) is 5.57. The fourth-order valence-electron chi connectivity index (χ4n) is 4.04. The highest BCUT2D eigenvalue weighted by Gasteiger charge is 2.25. The Hall–Kier alpha value is -3.80. The highest BCUT2D eigenvalue weighted by atomic mass is 16.5. The Morgan fingerprint density at radius 1 is 1.17 bits per heavy atom. The summed E-state index contributed by atoms with van der Waals surface area (Å²) in [6, 6.07) is 18.8. The number of nitrogen functional groups attached to an aromatic ring is 1. The molecule has 0 radical (unpaired) electrons. The third-order valence-electron chi connectivity index (χ3n) is 5.57. The lowest BCUT2D eigenvalue weighted by atomic mass is 9.87. The first-order valence-corrected chi connectivity index (χ1v) is 9.69. The number of carbonyl (C=O) groups is 1. The molecule has 0 fully saturated rings. The van der Waals surface area contributed by atoms with Gasteiger partial charge in [0.1, 0.15) is 11.6 Å².